The zero-order valence-electron chi connectivity index (χ0n) is 13.8. The normalized spacial score (nSPS) is 15.7. The molecule has 0 radical (unpaired) electrons. The number of hydrogen-bond acceptors (Lipinski definition) is 3. The van der Waals surface area contributed by atoms with E-state index in [4.69, 9.17) is 9.47 Å². The van der Waals surface area contributed by atoms with Gasteiger partial charge in [-0.25, -0.2) is 0 Å². The first-order valence-corrected chi connectivity index (χ1v) is 8.19. The number of benzene rings is 1. The van der Waals surface area contributed by atoms with Crippen LogP contribution in [0, 0.1) is 0 Å². The highest BCUT2D eigenvalue weighted by Gasteiger charge is 2.18. The van der Waals surface area contributed by atoms with Crippen molar-refractivity contribution in [1.82, 2.24) is 4.98 Å². The summed E-state index contributed by atoms with van der Waals surface area (Å²) in [4.78, 5) is 4.05. The summed E-state index contributed by atoms with van der Waals surface area (Å²) in [5.41, 5.74) is 3.48. The van der Waals surface area contributed by atoms with Crippen LogP contribution in [0.3, 0.4) is 0 Å². The van der Waals surface area contributed by atoms with Crippen molar-refractivity contribution in [3.05, 3.63) is 53.9 Å². The Morgan fingerprint density at radius 2 is 1.83 bits per heavy atom. The second kappa shape index (κ2) is 7.32. The van der Waals surface area contributed by atoms with E-state index in [2.05, 4.69) is 30.1 Å². The van der Waals surface area contributed by atoms with E-state index in [1.165, 1.54) is 18.4 Å². The van der Waals surface area contributed by atoms with Gasteiger partial charge in [-0.15, -0.1) is 0 Å². The minimum atomic E-state index is 0.323. The third-order valence-corrected chi connectivity index (χ3v) is 4.30. The van der Waals surface area contributed by atoms with Crippen molar-refractivity contribution in [2.24, 2.45) is 0 Å². The van der Waals surface area contributed by atoms with Crippen molar-refractivity contribution in [2.45, 2.75) is 38.7 Å². The second-order valence-electron chi connectivity index (χ2n) is 6.00. The van der Waals surface area contributed by atoms with Crippen LogP contribution in [0.5, 0.6) is 11.5 Å². The smallest absolute Gasteiger partial charge is 0.162 e. The number of pyridine rings is 1. The first-order chi connectivity index (χ1) is 11.3. The van der Waals surface area contributed by atoms with E-state index in [1.807, 2.05) is 30.6 Å². The highest BCUT2D eigenvalue weighted by Crippen LogP contribution is 2.34. The molecule has 1 aliphatic rings. The topological polar surface area (TPSA) is 31.4 Å². The van der Waals surface area contributed by atoms with Crippen molar-refractivity contribution < 1.29 is 9.47 Å². The summed E-state index contributed by atoms with van der Waals surface area (Å²) in [6.45, 7) is 2.11. The van der Waals surface area contributed by atoms with Gasteiger partial charge in [0.1, 0.15) is 0 Å². The standard InChI is InChI=1S/C20H23NO2/c1-15(13-16-9-11-21-12-10-16)17-7-8-19(22-2)20(14-17)23-18-5-3-4-6-18/h7-14,18H,3-6H2,1-2H3. The molecule has 0 unspecified atom stereocenters. The van der Waals surface area contributed by atoms with Gasteiger partial charge in [-0.2, -0.15) is 0 Å². The lowest BCUT2D eigenvalue weighted by atomic mass is 10.0. The van der Waals surface area contributed by atoms with Crippen LogP contribution in [-0.4, -0.2) is 18.2 Å². The second-order valence-corrected chi connectivity index (χ2v) is 6.00. The molecule has 1 fully saturated rings. The lowest BCUT2D eigenvalue weighted by Gasteiger charge is -2.17. The van der Waals surface area contributed by atoms with Crippen LogP contribution in [0.15, 0.2) is 42.7 Å². The molecule has 0 N–H and O–H groups in total. The number of allylic oxidation sites excluding steroid dienone is 1. The lowest BCUT2D eigenvalue weighted by Crippen LogP contribution is -2.11. The van der Waals surface area contributed by atoms with E-state index >= 15 is 0 Å². The molecule has 3 rings (SSSR count). The predicted octanol–water partition coefficient (Wildman–Crippen LogP) is 4.97. The third kappa shape index (κ3) is 3.92. The van der Waals surface area contributed by atoms with E-state index in [0.29, 0.717) is 6.10 Å². The molecule has 120 valence electrons. The van der Waals surface area contributed by atoms with Gasteiger partial charge in [0, 0.05) is 12.4 Å². The molecule has 3 heteroatoms. The Morgan fingerprint density at radius 1 is 1.09 bits per heavy atom. The van der Waals surface area contributed by atoms with Gasteiger partial charge in [-0.3, -0.25) is 4.98 Å². The first-order valence-electron chi connectivity index (χ1n) is 8.19. The van der Waals surface area contributed by atoms with Gasteiger partial charge in [0.25, 0.3) is 0 Å². The van der Waals surface area contributed by atoms with Crippen molar-refractivity contribution in [2.75, 3.05) is 7.11 Å². The lowest BCUT2D eigenvalue weighted by molar-refractivity contribution is 0.201. The van der Waals surface area contributed by atoms with Crippen molar-refractivity contribution in [3.8, 4) is 11.5 Å². The van der Waals surface area contributed by atoms with Crippen LogP contribution in [0.2, 0.25) is 0 Å². The number of methoxy groups -OCH3 is 1. The molecule has 1 aromatic carbocycles. The molecule has 23 heavy (non-hydrogen) atoms. The molecule has 0 atom stereocenters. The zero-order chi connectivity index (χ0) is 16.1. The Balaban J connectivity index is 1.86. The maximum atomic E-state index is 6.18. The zero-order valence-corrected chi connectivity index (χ0v) is 13.8. The van der Waals surface area contributed by atoms with Gasteiger partial charge in [0.15, 0.2) is 11.5 Å². The van der Waals surface area contributed by atoms with Crippen LogP contribution >= 0.6 is 0 Å². The SMILES string of the molecule is COc1ccc(C(C)=Cc2ccncc2)cc1OC1CCCC1. The Kier molecular flexibility index (Phi) is 4.96. The Morgan fingerprint density at radius 3 is 2.52 bits per heavy atom. The van der Waals surface area contributed by atoms with Gasteiger partial charge in [0.05, 0.1) is 13.2 Å². The predicted molar refractivity (Wildman–Crippen MR) is 93.7 cm³/mol. The molecule has 0 spiro atoms. The van der Waals surface area contributed by atoms with Gasteiger partial charge in [-0.1, -0.05) is 12.1 Å². The summed E-state index contributed by atoms with van der Waals surface area (Å²) in [7, 11) is 1.69. The molecule has 1 heterocycles. The number of rotatable bonds is 5. The van der Waals surface area contributed by atoms with E-state index < -0.39 is 0 Å². The Hall–Kier alpha value is -2.29. The van der Waals surface area contributed by atoms with E-state index in [1.54, 1.807) is 7.11 Å². The molecule has 1 aliphatic carbocycles. The van der Waals surface area contributed by atoms with Crippen LogP contribution in [0.25, 0.3) is 11.6 Å². The van der Waals surface area contributed by atoms with E-state index in [0.717, 1.165) is 35.5 Å². The minimum absolute atomic E-state index is 0.323. The summed E-state index contributed by atoms with van der Waals surface area (Å²) < 4.78 is 11.6. The molecule has 1 saturated carbocycles. The van der Waals surface area contributed by atoms with Crippen LogP contribution in [-0.2, 0) is 0 Å². The number of aromatic nitrogens is 1. The van der Waals surface area contributed by atoms with Crippen molar-refractivity contribution in [3.63, 3.8) is 0 Å². The fourth-order valence-corrected chi connectivity index (χ4v) is 2.99. The summed E-state index contributed by atoms with van der Waals surface area (Å²) in [6.07, 6.45) is 10.9. The quantitative estimate of drug-likeness (QED) is 0.781. The summed E-state index contributed by atoms with van der Waals surface area (Å²) in [5.74, 6) is 1.65. The number of ether oxygens (including phenoxy) is 2. The number of hydrogen-bond donors (Lipinski definition) is 0. The molecule has 0 bridgehead atoms. The third-order valence-electron chi connectivity index (χ3n) is 4.30. The van der Waals surface area contributed by atoms with Crippen molar-refractivity contribution >= 4 is 11.6 Å². The monoisotopic (exact) mass is 309 g/mol. The van der Waals surface area contributed by atoms with Crippen LogP contribution < -0.4 is 9.47 Å². The molecule has 2 aromatic rings. The Bertz CT molecular complexity index is 673. The molecular weight excluding hydrogens is 286 g/mol. The maximum Gasteiger partial charge on any atom is 0.162 e. The molecular formula is C20H23NO2. The van der Waals surface area contributed by atoms with E-state index in [-0.39, 0.29) is 0 Å². The summed E-state index contributed by atoms with van der Waals surface area (Å²) >= 11 is 0. The largest absolute Gasteiger partial charge is 0.493 e. The highest BCUT2D eigenvalue weighted by molar-refractivity contribution is 5.80. The maximum absolute atomic E-state index is 6.18. The molecule has 1 aromatic heterocycles. The molecule has 0 amide bonds. The molecule has 0 saturated heterocycles. The fourth-order valence-electron chi connectivity index (χ4n) is 2.99. The van der Waals surface area contributed by atoms with Gasteiger partial charge >= 0.3 is 0 Å². The average Bonchev–Trinajstić information content (AvgIpc) is 3.09. The highest BCUT2D eigenvalue weighted by atomic mass is 16.5. The minimum Gasteiger partial charge on any atom is -0.493 e. The van der Waals surface area contributed by atoms with Crippen molar-refractivity contribution in [1.29, 1.82) is 0 Å². The molecule has 0 aliphatic heterocycles. The van der Waals surface area contributed by atoms with Crippen LogP contribution in [0.1, 0.15) is 43.7 Å². The summed E-state index contributed by atoms with van der Waals surface area (Å²) in [6, 6.07) is 10.2. The van der Waals surface area contributed by atoms with Crippen LogP contribution in [0.4, 0.5) is 0 Å². The van der Waals surface area contributed by atoms with Gasteiger partial charge in [0.2, 0.25) is 0 Å². The van der Waals surface area contributed by atoms with E-state index in [9.17, 15) is 0 Å². The van der Waals surface area contributed by atoms with Gasteiger partial charge < -0.3 is 9.47 Å². The Labute approximate surface area is 138 Å². The summed E-state index contributed by atoms with van der Waals surface area (Å²) in [5, 5.41) is 0. The fraction of sp³-hybridized carbons (Fsp3) is 0.350. The molecule has 3 nitrogen and oxygen atoms in total. The van der Waals surface area contributed by atoms with Gasteiger partial charge in [-0.05, 0) is 73.6 Å². The first kappa shape index (κ1) is 15.6. The number of nitrogens with zero attached hydrogens (tertiary/aromatic N) is 1. The average molecular weight is 309 g/mol.